The van der Waals surface area contributed by atoms with Crippen molar-refractivity contribution in [2.75, 3.05) is 6.61 Å². The van der Waals surface area contributed by atoms with Gasteiger partial charge in [0.05, 0.1) is 11.1 Å². The molecule has 0 atom stereocenters. The lowest BCUT2D eigenvalue weighted by molar-refractivity contribution is 0.313. The highest BCUT2D eigenvalue weighted by Gasteiger charge is 2.12. The Balaban J connectivity index is 2.16. The number of aromatic nitrogens is 5. The number of hydrogen-bond acceptors (Lipinski definition) is 5. The Bertz CT molecular complexity index is 874. The predicted molar refractivity (Wildman–Crippen MR) is 83.8 cm³/mol. The summed E-state index contributed by atoms with van der Waals surface area (Å²) >= 11 is 6.75. The maximum Gasteiger partial charge on any atom is 0.298 e. The van der Waals surface area contributed by atoms with Gasteiger partial charge in [0.1, 0.15) is 5.39 Å². The number of ether oxygens (including phenoxy) is 1. The largest absolute Gasteiger partial charge is 0.465 e. The highest BCUT2D eigenvalue weighted by Crippen LogP contribution is 2.23. The lowest BCUT2D eigenvalue weighted by Gasteiger charge is -2.02. The molecule has 0 aromatic carbocycles. The van der Waals surface area contributed by atoms with Crippen LogP contribution in [0.25, 0.3) is 16.9 Å². The summed E-state index contributed by atoms with van der Waals surface area (Å²) in [5, 5.41) is 4.65. The zero-order valence-corrected chi connectivity index (χ0v) is 14.0. The summed E-state index contributed by atoms with van der Waals surface area (Å²) in [6.45, 7) is 2.22. The van der Waals surface area contributed by atoms with Crippen molar-refractivity contribution < 1.29 is 4.74 Å². The first-order chi connectivity index (χ1) is 10.1. The van der Waals surface area contributed by atoms with Gasteiger partial charge in [-0.15, -0.1) is 5.10 Å². The van der Waals surface area contributed by atoms with Crippen molar-refractivity contribution in [1.29, 1.82) is 0 Å². The molecule has 3 aromatic heterocycles. The van der Waals surface area contributed by atoms with Gasteiger partial charge in [0.15, 0.2) is 11.5 Å². The fraction of sp³-hybridized carbons (Fsp3) is 0.167. The summed E-state index contributed by atoms with van der Waals surface area (Å²) in [6.07, 6.45) is 3.23. The molecule has 3 rings (SSSR count). The minimum atomic E-state index is -0.303. The molecule has 0 amide bonds. The smallest absolute Gasteiger partial charge is 0.298 e. The zero-order chi connectivity index (χ0) is 15.0. The van der Waals surface area contributed by atoms with Crippen LogP contribution < -0.4 is 10.3 Å². The molecular formula is C12H9Br2N5O2. The SMILES string of the molecule is CCOc1nc2nn(-c3ncc(Br)cc3Br)cc2c(=O)[nH]1. The van der Waals surface area contributed by atoms with Crippen LogP contribution in [-0.2, 0) is 0 Å². The van der Waals surface area contributed by atoms with Crippen molar-refractivity contribution in [2.45, 2.75) is 6.92 Å². The number of pyridine rings is 1. The molecule has 0 saturated carbocycles. The van der Waals surface area contributed by atoms with Crippen molar-refractivity contribution in [3.63, 3.8) is 0 Å². The van der Waals surface area contributed by atoms with Gasteiger partial charge in [0.25, 0.3) is 11.6 Å². The molecule has 0 aliphatic carbocycles. The standard InChI is InChI=1S/C12H9Br2N5O2/c1-2-21-12-16-9-7(11(20)17-12)5-19(18-9)10-8(14)3-6(13)4-15-10/h3-5H,2H2,1H3,(H,16,17,18,20). The summed E-state index contributed by atoms with van der Waals surface area (Å²) in [4.78, 5) is 23.0. The lowest BCUT2D eigenvalue weighted by atomic mass is 10.4. The van der Waals surface area contributed by atoms with E-state index >= 15 is 0 Å². The molecule has 7 nitrogen and oxygen atoms in total. The second-order valence-corrected chi connectivity index (χ2v) is 5.84. The van der Waals surface area contributed by atoms with E-state index in [0.29, 0.717) is 23.5 Å². The minimum Gasteiger partial charge on any atom is -0.465 e. The molecule has 3 heterocycles. The van der Waals surface area contributed by atoms with Crippen LogP contribution in [-0.4, -0.2) is 31.3 Å². The third-order valence-corrected chi connectivity index (χ3v) is 3.67. The van der Waals surface area contributed by atoms with Gasteiger partial charge in [-0.1, -0.05) is 0 Å². The molecule has 0 spiro atoms. The van der Waals surface area contributed by atoms with Crippen LogP contribution in [0, 0.1) is 0 Å². The number of H-pyrrole nitrogens is 1. The average Bonchev–Trinajstić information content (AvgIpc) is 2.83. The Morgan fingerprint density at radius 3 is 2.95 bits per heavy atom. The third-order valence-electron chi connectivity index (χ3n) is 2.65. The van der Waals surface area contributed by atoms with Gasteiger partial charge in [-0.3, -0.25) is 9.78 Å². The molecular weight excluding hydrogens is 406 g/mol. The fourth-order valence-electron chi connectivity index (χ4n) is 1.79. The predicted octanol–water partition coefficient (Wildman–Crippen LogP) is 2.43. The highest BCUT2D eigenvalue weighted by atomic mass is 79.9. The van der Waals surface area contributed by atoms with Crippen LogP contribution in [0.3, 0.4) is 0 Å². The van der Waals surface area contributed by atoms with E-state index < -0.39 is 0 Å². The molecule has 0 unspecified atom stereocenters. The molecule has 0 bridgehead atoms. The normalized spacial score (nSPS) is 11.0. The molecule has 0 fully saturated rings. The topological polar surface area (TPSA) is 85.7 Å². The van der Waals surface area contributed by atoms with Crippen molar-refractivity contribution in [1.82, 2.24) is 24.7 Å². The Morgan fingerprint density at radius 1 is 1.43 bits per heavy atom. The van der Waals surface area contributed by atoms with Crippen LogP contribution in [0.2, 0.25) is 0 Å². The first-order valence-corrected chi connectivity index (χ1v) is 7.61. The van der Waals surface area contributed by atoms with Crippen molar-refractivity contribution in [2.24, 2.45) is 0 Å². The second kappa shape index (κ2) is 5.57. The van der Waals surface area contributed by atoms with Crippen LogP contribution in [0.4, 0.5) is 0 Å². The quantitative estimate of drug-likeness (QED) is 0.711. The summed E-state index contributed by atoms with van der Waals surface area (Å²) in [6, 6.07) is 2.00. The molecule has 3 aromatic rings. The number of hydrogen-bond donors (Lipinski definition) is 1. The number of fused-ring (bicyclic) bond motifs is 1. The second-order valence-electron chi connectivity index (χ2n) is 4.07. The van der Waals surface area contributed by atoms with E-state index in [9.17, 15) is 4.79 Å². The van der Waals surface area contributed by atoms with Crippen LogP contribution in [0.15, 0.2) is 32.2 Å². The summed E-state index contributed by atoms with van der Waals surface area (Å²) < 4.78 is 8.28. The van der Waals surface area contributed by atoms with Crippen LogP contribution >= 0.6 is 31.9 Å². The zero-order valence-electron chi connectivity index (χ0n) is 10.8. The average molecular weight is 415 g/mol. The first kappa shape index (κ1) is 14.2. The van der Waals surface area contributed by atoms with Gasteiger partial charge in [-0.2, -0.15) is 4.98 Å². The number of aromatic amines is 1. The number of rotatable bonds is 3. The maximum absolute atomic E-state index is 12.0. The van der Waals surface area contributed by atoms with E-state index in [1.165, 1.54) is 4.68 Å². The lowest BCUT2D eigenvalue weighted by Crippen LogP contribution is -2.09. The molecule has 0 aliphatic heterocycles. The number of nitrogens with zero attached hydrogens (tertiary/aromatic N) is 4. The maximum atomic E-state index is 12.0. The van der Waals surface area contributed by atoms with Gasteiger partial charge in [-0.05, 0) is 44.8 Å². The van der Waals surface area contributed by atoms with Gasteiger partial charge >= 0.3 is 0 Å². The summed E-state index contributed by atoms with van der Waals surface area (Å²) in [5.41, 5.74) is 0.00162. The van der Waals surface area contributed by atoms with Crippen molar-refractivity contribution >= 4 is 42.9 Å². The van der Waals surface area contributed by atoms with Gasteiger partial charge in [0, 0.05) is 16.9 Å². The number of nitrogens with one attached hydrogen (secondary N) is 1. The van der Waals surface area contributed by atoms with Crippen molar-refractivity contribution in [3.05, 3.63) is 37.8 Å². The Kier molecular flexibility index (Phi) is 3.77. The minimum absolute atomic E-state index is 0.156. The van der Waals surface area contributed by atoms with Crippen LogP contribution in [0.1, 0.15) is 6.92 Å². The molecule has 0 saturated heterocycles. The highest BCUT2D eigenvalue weighted by molar-refractivity contribution is 9.11. The third kappa shape index (κ3) is 2.70. The van der Waals surface area contributed by atoms with E-state index in [4.69, 9.17) is 4.74 Å². The molecule has 9 heteroatoms. The van der Waals surface area contributed by atoms with E-state index in [1.54, 1.807) is 12.4 Å². The van der Waals surface area contributed by atoms with Gasteiger partial charge in [-0.25, -0.2) is 9.67 Å². The molecule has 21 heavy (non-hydrogen) atoms. The van der Waals surface area contributed by atoms with E-state index in [1.807, 2.05) is 13.0 Å². The monoisotopic (exact) mass is 413 g/mol. The Hall–Kier alpha value is -1.74. The molecule has 0 aliphatic rings. The van der Waals surface area contributed by atoms with E-state index in [0.717, 1.165) is 8.95 Å². The van der Waals surface area contributed by atoms with Crippen molar-refractivity contribution in [3.8, 4) is 11.8 Å². The summed E-state index contributed by atoms with van der Waals surface area (Å²) in [5.74, 6) is 0.563. The molecule has 108 valence electrons. The van der Waals surface area contributed by atoms with Gasteiger partial charge in [0.2, 0.25) is 0 Å². The molecule has 1 N–H and O–H groups in total. The molecule has 0 radical (unpaired) electrons. The van der Waals surface area contributed by atoms with E-state index in [-0.39, 0.29) is 11.6 Å². The fourth-order valence-corrected chi connectivity index (χ4v) is 2.95. The first-order valence-electron chi connectivity index (χ1n) is 6.02. The summed E-state index contributed by atoms with van der Waals surface area (Å²) in [7, 11) is 0. The Morgan fingerprint density at radius 2 is 2.24 bits per heavy atom. The van der Waals surface area contributed by atoms with Crippen LogP contribution in [0.5, 0.6) is 6.01 Å². The number of halogens is 2. The van der Waals surface area contributed by atoms with E-state index in [2.05, 4.69) is 51.9 Å². The van der Waals surface area contributed by atoms with Gasteiger partial charge < -0.3 is 4.74 Å². The Labute approximate surface area is 135 Å².